The minimum absolute atomic E-state index is 0.0470. The molecule has 1 aliphatic rings. The molecule has 2 rings (SSSR count). The third kappa shape index (κ3) is 3.07. The SMILES string of the molecule is CN(Cc1ccc(F)cc1)C1CS(=O)(=O)CC1N. The van der Waals surface area contributed by atoms with Crippen LogP contribution in [0.5, 0.6) is 0 Å². The van der Waals surface area contributed by atoms with E-state index >= 15 is 0 Å². The van der Waals surface area contributed by atoms with Gasteiger partial charge in [-0.2, -0.15) is 0 Å². The van der Waals surface area contributed by atoms with Crippen LogP contribution >= 0.6 is 0 Å². The molecule has 2 N–H and O–H groups in total. The van der Waals surface area contributed by atoms with Crippen molar-refractivity contribution in [2.45, 2.75) is 18.6 Å². The van der Waals surface area contributed by atoms with Crippen LogP contribution in [0.25, 0.3) is 0 Å². The van der Waals surface area contributed by atoms with Gasteiger partial charge in [-0.25, -0.2) is 12.8 Å². The van der Waals surface area contributed by atoms with E-state index in [0.29, 0.717) is 6.54 Å². The summed E-state index contributed by atoms with van der Waals surface area (Å²) >= 11 is 0. The summed E-state index contributed by atoms with van der Waals surface area (Å²) in [5.74, 6) is -0.126. The summed E-state index contributed by atoms with van der Waals surface area (Å²) in [6.45, 7) is 0.564. The van der Waals surface area contributed by atoms with E-state index in [1.807, 2.05) is 11.9 Å². The molecule has 4 nitrogen and oxygen atoms in total. The average Bonchev–Trinajstić information content (AvgIpc) is 2.55. The first-order valence-electron chi connectivity index (χ1n) is 5.78. The summed E-state index contributed by atoms with van der Waals surface area (Å²) in [5, 5.41) is 0. The summed E-state index contributed by atoms with van der Waals surface area (Å²) in [7, 11) is -1.17. The van der Waals surface area contributed by atoms with Gasteiger partial charge in [0.15, 0.2) is 9.84 Å². The fourth-order valence-corrected chi connectivity index (χ4v) is 4.27. The molecule has 18 heavy (non-hydrogen) atoms. The molecular formula is C12H17FN2O2S. The number of hydrogen-bond acceptors (Lipinski definition) is 4. The predicted octanol–water partition coefficient (Wildman–Crippen LogP) is 0.382. The molecule has 2 atom stereocenters. The Hall–Kier alpha value is -0.980. The summed E-state index contributed by atoms with van der Waals surface area (Å²) in [5.41, 5.74) is 6.79. The number of hydrogen-bond donors (Lipinski definition) is 1. The molecule has 0 saturated carbocycles. The maximum Gasteiger partial charge on any atom is 0.153 e. The molecule has 6 heteroatoms. The van der Waals surface area contributed by atoms with Crippen LogP contribution in [0.4, 0.5) is 4.39 Å². The summed E-state index contributed by atoms with van der Waals surface area (Å²) in [6.07, 6.45) is 0. The normalized spacial score (nSPS) is 26.7. The Morgan fingerprint density at radius 1 is 1.33 bits per heavy atom. The van der Waals surface area contributed by atoms with Crippen molar-refractivity contribution in [2.75, 3.05) is 18.6 Å². The lowest BCUT2D eigenvalue weighted by molar-refractivity contribution is 0.236. The van der Waals surface area contributed by atoms with Gasteiger partial charge < -0.3 is 5.73 Å². The Balaban J connectivity index is 2.04. The van der Waals surface area contributed by atoms with Gasteiger partial charge in [0.1, 0.15) is 5.82 Å². The second-order valence-corrected chi connectivity index (χ2v) is 7.00. The van der Waals surface area contributed by atoms with Gasteiger partial charge in [-0.1, -0.05) is 12.1 Å². The van der Waals surface area contributed by atoms with Crippen molar-refractivity contribution in [3.63, 3.8) is 0 Å². The van der Waals surface area contributed by atoms with Gasteiger partial charge >= 0.3 is 0 Å². The Labute approximate surface area is 107 Å². The number of likely N-dealkylation sites (N-methyl/N-ethyl adjacent to an activating group) is 1. The summed E-state index contributed by atoms with van der Waals surface area (Å²) < 4.78 is 35.8. The molecule has 1 saturated heterocycles. The van der Waals surface area contributed by atoms with E-state index in [4.69, 9.17) is 5.73 Å². The third-order valence-electron chi connectivity index (χ3n) is 3.28. The average molecular weight is 272 g/mol. The zero-order chi connectivity index (χ0) is 13.3. The number of rotatable bonds is 3. The second kappa shape index (κ2) is 4.95. The lowest BCUT2D eigenvalue weighted by Crippen LogP contribution is -2.44. The second-order valence-electron chi connectivity index (χ2n) is 4.85. The van der Waals surface area contributed by atoms with E-state index in [1.165, 1.54) is 12.1 Å². The Morgan fingerprint density at radius 3 is 2.44 bits per heavy atom. The molecule has 0 bridgehead atoms. The van der Waals surface area contributed by atoms with E-state index in [0.717, 1.165) is 5.56 Å². The molecule has 0 aliphatic carbocycles. The topological polar surface area (TPSA) is 63.4 Å². The van der Waals surface area contributed by atoms with Crippen LogP contribution in [0, 0.1) is 5.82 Å². The van der Waals surface area contributed by atoms with Crippen LogP contribution in [0.3, 0.4) is 0 Å². The number of halogens is 1. The van der Waals surface area contributed by atoms with Crippen molar-refractivity contribution >= 4 is 9.84 Å². The molecule has 0 amide bonds. The van der Waals surface area contributed by atoms with Gasteiger partial charge in [-0.3, -0.25) is 4.90 Å². The summed E-state index contributed by atoms with van der Waals surface area (Å²) in [4.78, 5) is 1.92. The molecule has 1 fully saturated rings. The number of nitrogens with two attached hydrogens (primary N) is 1. The minimum atomic E-state index is -3.02. The standard InChI is InChI=1S/C12H17FN2O2S/c1-15(6-9-2-4-10(13)5-3-9)12-8-18(16,17)7-11(12)14/h2-5,11-12H,6-8,14H2,1H3. The Kier molecular flexibility index (Phi) is 3.70. The lowest BCUT2D eigenvalue weighted by Gasteiger charge is -2.26. The lowest BCUT2D eigenvalue weighted by atomic mass is 10.1. The highest BCUT2D eigenvalue weighted by Gasteiger charge is 2.37. The minimum Gasteiger partial charge on any atom is -0.325 e. The number of benzene rings is 1. The van der Waals surface area contributed by atoms with Gasteiger partial charge in [0.25, 0.3) is 0 Å². The van der Waals surface area contributed by atoms with Crippen LogP contribution in [-0.4, -0.2) is 44.0 Å². The van der Waals surface area contributed by atoms with Crippen molar-refractivity contribution in [3.05, 3.63) is 35.6 Å². The maximum absolute atomic E-state index is 12.8. The van der Waals surface area contributed by atoms with Crippen LogP contribution in [0.1, 0.15) is 5.56 Å². The zero-order valence-corrected chi connectivity index (χ0v) is 11.0. The first-order valence-corrected chi connectivity index (χ1v) is 7.60. The summed E-state index contributed by atoms with van der Waals surface area (Å²) in [6, 6.07) is 5.67. The van der Waals surface area contributed by atoms with Crippen LogP contribution in [-0.2, 0) is 16.4 Å². The van der Waals surface area contributed by atoms with E-state index in [1.54, 1.807) is 12.1 Å². The molecule has 1 heterocycles. The van der Waals surface area contributed by atoms with Crippen LogP contribution in [0.15, 0.2) is 24.3 Å². The molecule has 1 aromatic carbocycles. The Bertz CT molecular complexity index is 515. The first-order chi connectivity index (χ1) is 8.37. The highest BCUT2D eigenvalue weighted by Crippen LogP contribution is 2.18. The van der Waals surface area contributed by atoms with Gasteiger partial charge in [-0.15, -0.1) is 0 Å². The number of sulfone groups is 1. The van der Waals surface area contributed by atoms with Crippen LogP contribution in [0.2, 0.25) is 0 Å². The molecule has 1 aliphatic heterocycles. The molecule has 0 aromatic heterocycles. The van der Waals surface area contributed by atoms with Crippen LogP contribution < -0.4 is 5.73 Å². The molecule has 0 spiro atoms. The van der Waals surface area contributed by atoms with Gasteiger partial charge in [0.2, 0.25) is 0 Å². The highest BCUT2D eigenvalue weighted by atomic mass is 32.2. The molecule has 1 aromatic rings. The van der Waals surface area contributed by atoms with Crippen molar-refractivity contribution in [2.24, 2.45) is 5.73 Å². The van der Waals surface area contributed by atoms with Gasteiger partial charge in [0, 0.05) is 18.6 Å². The molecular weight excluding hydrogens is 255 g/mol. The van der Waals surface area contributed by atoms with E-state index in [9.17, 15) is 12.8 Å². The van der Waals surface area contributed by atoms with Crippen molar-refractivity contribution in [1.29, 1.82) is 0 Å². The molecule has 2 unspecified atom stereocenters. The fraction of sp³-hybridized carbons (Fsp3) is 0.500. The monoisotopic (exact) mass is 272 g/mol. The van der Waals surface area contributed by atoms with Gasteiger partial charge in [0.05, 0.1) is 11.5 Å². The predicted molar refractivity (Wildman–Crippen MR) is 68.3 cm³/mol. The first kappa shape index (κ1) is 13.5. The van der Waals surface area contributed by atoms with Crippen molar-refractivity contribution < 1.29 is 12.8 Å². The fourth-order valence-electron chi connectivity index (χ4n) is 2.31. The van der Waals surface area contributed by atoms with E-state index in [-0.39, 0.29) is 29.4 Å². The number of nitrogens with zero attached hydrogens (tertiary/aromatic N) is 1. The zero-order valence-electron chi connectivity index (χ0n) is 10.2. The quantitative estimate of drug-likeness (QED) is 0.864. The van der Waals surface area contributed by atoms with Crippen molar-refractivity contribution in [3.8, 4) is 0 Å². The van der Waals surface area contributed by atoms with E-state index < -0.39 is 9.84 Å². The van der Waals surface area contributed by atoms with Crippen molar-refractivity contribution in [1.82, 2.24) is 4.90 Å². The smallest absolute Gasteiger partial charge is 0.153 e. The molecule has 0 radical (unpaired) electrons. The van der Waals surface area contributed by atoms with Gasteiger partial charge in [-0.05, 0) is 24.7 Å². The largest absolute Gasteiger partial charge is 0.325 e. The molecule has 100 valence electrons. The third-order valence-corrected chi connectivity index (χ3v) is 5.02. The Morgan fingerprint density at radius 2 is 1.94 bits per heavy atom. The highest BCUT2D eigenvalue weighted by molar-refractivity contribution is 7.91. The van der Waals surface area contributed by atoms with E-state index in [2.05, 4.69) is 0 Å². The maximum atomic E-state index is 12.8.